The van der Waals surface area contributed by atoms with Gasteiger partial charge in [-0.1, -0.05) is 12.1 Å². The van der Waals surface area contributed by atoms with Crippen LogP contribution >= 0.6 is 0 Å². The van der Waals surface area contributed by atoms with Gasteiger partial charge in [0.1, 0.15) is 0 Å². The highest BCUT2D eigenvalue weighted by molar-refractivity contribution is 5.24. The molecule has 0 unspecified atom stereocenters. The van der Waals surface area contributed by atoms with Gasteiger partial charge in [0.25, 0.3) is 0 Å². The van der Waals surface area contributed by atoms with Gasteiger partial charge in [-0.05, 0) is 56.5 Å². The Morgan fingerprint density at radius 2 is 1.76 bits per heavy atom. The number of rotatable bonds is 5. The molecule has 2 nitrogen and oxygen atoms in total. The molecular weight excluding hydrogens is 277 g/mol. The zero-order valence-corrected chi connectivity index (χ0v) is 12.2. The van der Waals surface area contributed by atoms with Crippen molar-refractivity contribution < 1.29 is 13.2 Å². The van der Waals surface area contributed by atoms with Gasteiger partial charge in [-0.25, -0.2) is 5.32 Å². The molecule has 117 valence electrons. The Balaban J connectivity index is 1.68. The fourth-order valence-electron chi connectivity index (χ4n) is 2.59. The highest BCUT2D eigenvalue weighted by atomic mass is 19.4. The molecule has 1 aromatic rings. The lowest BCUT2D eigenvalue weighted by atomic mass is 10.1. The average Bonchev–Trinajstić information content (AvgIpc) is 2.72. The smallest absolute Gasteiger partial charge is 0.302 e. The molecule has 0 bridgehead atoms. The number of benzene rings is 1. The van der Waals surface area contributed by atoms with Crippen LogP contribution in [-0.2, 0) is 12.6 Å². The zero-order chi connectivity index (χ0) is 15.1. The number of hydrogen-bond acceptors (Lipinski definition) is 1. The molecule has 0 atom stereocenters. The minimum absolute atomic E-state index is 0.570. The number of nitrogens with zero attached hydrogens (tertiary/aromatic N) is 2. The highest BCUT2D eigenvalue weighted by Gasteiger charge is 2.29. The largest absolute Gasteiger partial charge is 0.416 e. The van der Waals surface area contributed by atoms with E-state index in [0.717, 1.165) is 64.0 Å². The molecule has 1 aliphatic rings. The number of alkyl halides is 3. The first-order valence-electron chi connectivity index (χ1n) is 7.57. The van der Waals surface area contributed by atoms with E-state index >= 15 is 0 Å². The third-order valence-corrected chi connectivity index (χ3v) is 3.84. The molecular formula is C16H22F3N2. The third-order valence-electron chi connectivity index (χ3n) is 3.84. The van der Waals surface area contributed by atoms with E-state index in [-0.39, 0.29) is 0 Å². The summed E-state index contributed by atoms with van der Waals surface area (Å²) in [5.74, 6) is 0. The number of hydrogen-bond donors (Lipinski definition) is 0. The molecule has 5 heteroatoms. The fraction of sp³-hybridized carbons (Fsp3) is 0.625. The molecule has 0 N–H and O–H groups in total. The molecule has 0 aliphatic carbocycles. The second-order valence-corrected chi connectivity index (χ2v) is 5.52. The molecule has 2 rings (SSSR count). The van der Waals surface area contributed by atoms with Crippen molar-refractivity contribution in [1.29, 1.82) is 0 Å². The molecule has 1 saturated heterocycles. The van der Waals surface area contributed by atoms with E-state index in [4.69, 9.17) is 0 Å². The molecule has 1 radical (unpaired) electrons. The van der Waals surface area contributed by atoms with Crippen LogP contribution in [0, 0.1) is 0 Å². The van der Waals surface area contributed by atoms with E-state index in [2.05, 4.69) is 10.2 Å². The van der Waals surface area contributed by atoms with E-state index in [1.807, 2.05) is 0 Å². The van der Waals surface area contributed by atoms with Crippen molar-refractivity contribution in [3.63, 3.8) is 0 Å². The zero-order valence-electron chi connectivity index (χ0n) is 12.2. The number of aryl methyl sites for hydroxylation is 1. The van der Waals surface area contributed by atoms with Crippen molar-refractivity contribution >= 4 is 0 Å². The van der Waals surface area contributed by atoms with Gasteiger partial charge in [0.2, 0.25) is 0 Å². The summed E-state index contributed by atoms with van der Waals surface area (Å²) in [7, 11) is 0. The lowest BCUT2D eigenvalue weighted by Gasteiger charge is -2.18. The summed E-state index contributed by atoms with van der Waals surface area (Å²) < 4.78 is 37.4. The van der Waals surface area contributed by atoms with Crippen molar-refractivity contribution in [1.82, 2.24) is 10.2 Å². The maximum atomic E-state index is 12.5. The van der Waals surface area contributed by atoms with Gasteiger partial charge in [-0.3, -0.25) is 0 Å². The van der Waals surface area contributed by atoms with E-state index in [1.165, 1.54) is 12.1 Å². The Hall–Kier alpha value is -1.07. The number of halogens is 3. The summed E-state index contributed by atoms with van der Waals surface area (Å²) in [5, 5.41) is 4.39. The Kier molecular flexibility index (Phi) is 6.06. The molecule has 21 heavy (non-hydrogen) atoms. The summed E-state index contributed by atoms with van der Waals surface area (Å²) in [6.07, 6.45) is -0.161. The van der Waals surface area contributed by atoms with Gasteiger partial charge in [-0.2, -0.15) is 13.2 Å². The second-order valence-electron chi connectivity index (χ2n) is 5.52. The lowest BCUT2D eigenvalue weighted by molar-refractivity contribution is -0.137. The first kappa shape index (κ1) is 16.3. The number of unbranched alkanes of at least 4 members (excludes halogenated alkanes) is 1. The SMILES string of the molecule is FC(F)(F)c1ccc(CCCCN2CCC[N]CC2)cc1. The summed E-state index contributed by atoms with van der Waals surface area (Å²) in [6, 6.07) is 5.53. The monoisotopic (exact) mass is 299 g/mol. The predicted molar refractivity (Wildman–Crippen MR) is 77.3 cm³/mol. The van der Waals surface area contributed by atoms with Crippen LogP contribution < -0.4 is 5.32 Å². The Labute approximate surface area is 124 Å². The Morgan fingerprint density at radius 3 is 2.48 bits per heavy atom. The molecule has 1 fully saturated rings. The Bertz CT molecular complexity index is 407. The second kappa shape index (κ2) is 7.80. The maximum Gasteiger partial charge on any atom is 0.416 e. The van der Waals surface area contributed by atoms with Gasteiger partial charge < -0.3 is 4.90 Å². The molecule has 1 aromatic carbocycles. The quantitative estimate of drug-likeness (QED) is 0.762. The summed E-state index contributed by atoms with van der Waals surface area (Å²) >= 11 is 0. The normalized spacial score (nSPS) is 17.7. The van der Waals surface area contributed by atoms with Crippen LogP contribution in [0.5, 0.6) is 0 Å². The van der Waals surface area contributed by atoms with Crippen LogP contribution in [-0.4, -0.2) is 37.6 Å². The van der Waals surface area contributed by atoms with Crippen LogP contribution in [0.3, 0.4) is 0 Å². The average molecular weight is 299 g/mol. The van der Waals surface area contributed by atoms with Gasteiger partial charge in [-0.15, -0.1) is 0 Å². The first-order valence-corrected chi connectivity index (χ1v) is 7.57. The minimum Gasteiger partial charge on any atom is -0.302 e. The summed E-state index contributed by atoms with van der Waals surface area (Å²) in [4.78, 5) is 2.43. The molecule has 0 spiro atoms. The van der Waals surface area contributed by atoms with Gasteiger partial charge in [0.15, 0.2) is 0 Å². The molecule has 0 saturated carbocycles. The van der Waals surface area contributed by atoms with E-state index in [9.17, 15) is 13.2 Å². The Morgan fingerprint density at radius 1 is 1.00 bits per heavy atom. The van der Waals surface area contributed by atoms with Crippen molar-refractivity contribution in [2.24, 2.45) is 0 Å². The lowest BCUT2D eigenvalue weighted by Crippen LogP contribution is -2.28. The molecule has 1 heterocycles. The molecule has 1 aliphatic heterocycles. The van der Waals surface area contributed by atoms with Gasteiger partial charge in [0.05, 0.1) is 5.56 Å². The predicted octanol–water partition coefficient (Wildman–Crippen LogP) is 3.34. The standard InChI is InChI=1S/C16H22F3N2/c17-16(18,19)15-7-5-14(6-8-15)4-1-2-11-21-12-3-9-20-10-13-21/h5-8H,1-4,9-13H2. The third kappa shape index (κ3) is 5.67. The minimum atomic E-state index is -4.24. The molecule has 0 amide bonds. The van der Waals surface area contributed by atoms with Gasteiger partial charge in [0, 0.05) is 19.6 Å². The molecule has 0 aromatic heterocycles. The van der Waals surface area contributed by atoms with Crippen molar-refractivity contribution in [2.75, 3.05) is 32.7 Å². The van der Waals surface area contributed by atoms with Gasteiger partial charge >= 0.3 is 6.18 Å². The van der Waals surface area contributed by atoms with Crippen LogP contribution in [0.1, 0.15) is 30.4 Å². The van der Waals surface area contributed by atoms with Crippen LogP contribution in [0.2, 0.25) is 0 Å². The summed E-state index contributed by atoms with van der Waals surface area (Å²) in [5.41, 5.74) is 0.411. The van der Waals surface area contributed by atoms with Crippen LogP contribution in [0.4, 0.5) is 13.2 Å². The van der Waals surface area contributed by atoms with Crippen molar-refractivity contribution in [3.05, 3.63) is 35.4 Å². The summed E-state index contributed by atoms with van der Waals surface area (Å²) in [6.45, 7) is 5.13. The van der Waals surface area contributed by atoms with E-state index in [1.54, 1.807) is 12.1 Å². The fourth-order valence-corrected chi connectivity index (χ4v) is 2.59. The highest BCUT2D eigenvalue weighted by Crippen LogP contribution is 2.29. The van der Waals surface area contributed by atoms with E-state index in [0.29, 0.717) is 0 Å². The van der Waals surface area contributed by atoms with E-state index < -0.39 is 11.7 Å². The maximum absolute atomic E-state index is 12.5. The van der Waals surface area contributed by atoms with Crippen LogP contribution in [0.25, 0.3) is 0 Å². The van der Waals surface area contributed by atoms with Crippen molar-refractivity contribution in [3.8, 4) is 0 Å². The van der Waals surface area contributed by atoms with Crippen LogP contribution in [0.15, 0.2) is 24.3 Å². The first-order chi connectivity index (χ1) is 10.1. The van der Waals surface area contributed by atoms with Crippen molar-refractivity contribution in [2.45, 2.75) is 31.9 Å². The topological polar surface area (TPSA) is 17.3 Å².